The lowest BCUT2D eigenvalue weighted by atomic mass is 9.96. The molecule has 122 valence electrons. The Balaban J connectivity index is 1.95. The number of halogens is 1. The second-order valence-corrected chi connectivity index (χ2v) is 6.29. The first-order valence-electron chi connectivity index (χ1n) is 7.97. The molecule has 2 heterocycles. The summed E-state index contributed by atoms with van der Waals surface area (Å²) < 4.78 is 16.1. The molecule has 0 N–H and O–H groups in total. The van der Waals surface area contributed by atoms with Crippen molar-refractivity contribution in [2.24, 2.45) is 7.05 Å². The van der Waals surface area contributed by atoms with Gasteiger partial charge < -0.3 is 4.90 Å². The van der Waals surface area contributed by atoms with Crippen molar-refractivity contribution in [1.29, 1.82) is 0 Å². The van der Waals surface area contributed by atoms with E-state index in [-0.39, 0.29) is 18.1 Å². The van der Waals surface area contributed by atoms with Crippen LogP contribution in [0, 0.1) is 26.6 Å². The Kier molecular flexibility index (Phi) is 3.96. The van der Waals surface area contributed by atoms with Crippen LogP contribution in [-0.4, -0.2) is 22.2 Å². The summed E-state index contributed by atoms with van der Waals surface area (Å²) in [6.45, 7) is 6.41. The van der Waals surface area contributed by atoms with E-state index in [1.807, 2.05) is 27.8 Å². The Morgan fingerprint density at radius 3 is 2.70 bits per heavy atom. The summed E-state index contributed by atoms with van der Waals surface area (Å²) in [5.74, 6) is -0.368. The summed E-state index contributed by atoms with van der Waals surface area (Å²) in [6.07, 6.45) is 1.96. The quantitative estimate of drug-likeness (QED) is 0.854. The number of fused-ring (bicyclic) bond motifs is 1. The third kappa shape index (κ3) is 2.64. The van der Waals surface area contributed by atoms with Gasteiger partial charge in [0.2, 0.25) is 5.91 Å². The van der Waals surface area contributed by atoms with Crippen LogP contribution in [0.4, 0.5) is 10.1 Å². The maximum absolute atomic E-state index is 14.4. The topological polar surface area (TPSA) is 38.1 Å². The average molecular weight is 315 g/mol. The molecule has 1 aliphatic rings. The summed E-state index contributed by atoms with van der Waals surface area (Å²) in [5, 5.41) is 4.36. The smallest absolute Gasteiger partial charge is 0.231 e. The van der Waals surface area contributed by atoms with Gasteiger partial charge in [0.1, 0.15) is 5.82 Å². The van der Waals surface area contributed by atoms with Crippen molar-refractivity contribution in [2.45, 2.75) is 40.0 Å². The van der Waals surface area contributed by atoms with Crippen LogP contribution in [0.1, 0.15) is 34.5 Å². The highest BCUT2D eigenvalue weighted by molar-refractivity contribution is 5.96. The van der Waals surface area contributed by atoms with E-state index in [0.29, 0.717) is 12.2 Å². The molecular weight excluding hydrogens is 293 g/mol. The minimum atomic E-state index is -0.307. The predicted molar refractivity (Wildman–Crippen MR) is 88.2 cm³/mol. The number of anilines is 1. The molecule has 0 unspecified atom stereocenters. The maximum atomic E-state index is 14.4. The highest BCUT2D eigenvalue weighted by Gasteiger charge is 2.27. The third-order valence-electron chi connectivity index (χ3n) is 4.83. The Hall–Kier alpha value is -2.17. The molecule has 0 atom stereocenters. The van der Waals surface area contributed by atoms with Crippen LogP contribution in [0.5, 0.6) is 0 Å². The largest absolute Gasteiger partial charge is 0.309 e. The van der Waals surface area contributed by atoms with E-state index in [0.717, 1.165) is 40.9 Å². The molecule has 0 saturated carbocycles. The summed E-state index contributed by atoms with van der Waals surface area (Å²) >= 11 is 0. The minimum absolute atomic E-state index is 0.0605. The van der Waals surface area contributed by atoms with Crippen molar-refractivity contribution in [1.82, 2.24) is 9.78 Å². The second kappa shape index (κ2) is 5.80. The first-order valence-corrected chi connectivity index (χ1v) is 7.97. The van der Waals surface area contributed by atoms with Crippen LogP contribution in [0.3, 0.4) is 0 Å². The molecule has 4 nitrogen and oxygen atoms in total. The van der Waals surface area contributed by atoms with Crippen molar-refractivity contribution in [2.75, 3.05) is 11.4 Å². The Morgan fingerprint density at radius 2 is 2.04 bits per heavy atom. The fraction of sp³-hybridized carbons (Fsp3) is 0.444. The first-order chi connectivity index (χ1) is 10.9. The van der Waals surface area contributed by atoms with Crippen LogP contribution in [0.2, 0.25) is 0 Å². The van der Waals surface area contributed by atoms with E-state index in [1.165, 1.54) is 6.07 Å². The standard InChI is InChI=1S/C18H22FN3O/c1-11-7-8-16(19)18-14(11)6-5-9-22(18)17(23)10-15-12(2)20-21(4)13(15)3/h7-8H,5-6,9-10H2,1-4H3. The SMILES string of the molecule is Cc1ccc(F)c2c1CCCN2C(=O)Cc1c(C)nn(C)c1C. The van der Waals surface area contributed by atoms with Gasteiger partial charge in [0, 0.05) is 24.8 Å². The highest BCUT2D eigenvalue weighted by Crippen LogP contribution is 2.33. The molecule has 0 spiro atoms. The monoisotopic (exact) mass is 315 g/mol. The zero-order chi connectivity index (χ0) is 16.7. The number of amides is 1. The van der Waals surface area contributed by atoms with Gasteiger partial charge in [-0.05, 0) is 50.8 Å². The van der Waals surface area contributed by atoms with Crippen molar-refractivity contribution < 1.29 is 9.18 Å². The molecule has 0 bridgehead atoms. The lowest BCUT2D eigenvalue weighted by Crippen LogP contribution is -2.37. The summed E-state index contributed by atoms with van der Waals surface area (Å²) in [6, 6.07) is 3.25. The molecule has 3 rings (SSSR count). The van der Waals surface area contributed by atoms with Gasteiger partial charge in [-0.2, -0.15) is 5.10 Å². The van der Waals surface area contributed by atoms with Gasteiger partial charge >= 0.3 is 0 Å². The molecule has 0 radical (unpaired) electrons. The molecule has 0 aliphatic carbocycles. The lowest BCUT2D eigenvalue weighted by molar-refractivity contribution is -0.118. The van der Waals surface area contributed by atoms with Crippen molar-refractivity contribution in [3.05, 3.63) is 46.0 Å². The van der Waals surface area contributed by atoms with Crippen LogP contribution >= 0.6 is 0 Å². The van der Waals surface area contributed by atoms with Gasteiger partial charge in [0.05, 0.1) is 17.8 Å². The predicted octanol–water partition coefficient (Wildman–Crippen LogP) is 3.01. The van der Waals surface area contributed by atoms with Gasteiger partial charge in [0.15, 0.2) is 0 Å². The zero-order valence-corrected chi connectivity index (χ0v) is 14.1. The third-order valence-corrected chi connectivity index (χ3v) is 4.83. The number of rotatable bonds is 2. The normalized spacial score (nSPS) is 14.0. The van der Waals surface area contributed by atoms with Crippen molar-refractivity contribution in [3.8, 4) is 0 Å². The molecule has 0 saturated heterocycles. The molecule has 1 aromatic carbocycles. The van der Waals surface area contributed by atoms with Gasteiger partial charge in [-0.1, -0.05) is 6.07 Å². The fourth-order valence-corrected chi connectivity index (χ4v) is 3.41. The van der Waals surface area contributed by atoms with E-state index in [2.05, 4.69) is 5.10 Å². The van der Waals surface area contributed by atoms with Gasteiger partial charge in [-0.3, -0.25) is 9.48 Å². The second-order valence-electron chi connectivity index (χ2n) is 6.29. The van der Waals surface area contributed by atoms with Crippen LogP contribution in [0.25, 0.3) is 0 Å². The molecular formula is C18H22FN3O. The van der Waals surface area contributed by atoms with E-state index >= 15 is 0 Å². The molecule has 1 aromatic heterocycles. The van der Waals surface area contributed by atoms with E-state index in [1.54, 1.807) is 15.6 Å². The molecule has 1 aliphatic heterocycles. The average Bonchev–Trinajstić information content (AvgIpc) is 2.77. The highest BCUT2D eigenvalue weighted by atomic mass is 19.1. The zero-order valence-electron chi connectivity index (χ0n) is 14.1. The number of carbonyl (C=O) groups is 1. The summed E-state index contributed by atoms with van der Waals surface area (Å²) in [7, 11) is 1.87. The first kappa shape index (κ1) is 15.7. The van der Waals surface area contributed by atoms with Crippen LogP contribution in [0.15, 0.2) is 12.1 Å². The molecule has 0 fully saturated rings. The summed E-state index contributed by atoms with van der Waals surface area (Å²) in [5.41, 5.74) is 5.27. The number of nitrogens with zero attached hydrogens (tertiary/aromatic N) is 3. The molecule has 2 aromatic rings. The Morgan fingerprint density at radius 1 is 1.30 bits per heavy atom. The maximum Gasteiger partial charge on any atom is 0.231 e. The molecule has 23 heavy (non-hydrogen) atoms. The lowest BCUT2D eigenvalue weighted by Gasteiger charge is -2.31. The van der Waals surface area contributed by atoms with E-state index < -0.39 is 0 Å². The van der Waals surface area contributed by atoms with E-state index in [9.17, 15) is 9.18 Å². The number of hydrogen-bond donors (Lipinski definition) is 0. The molecule has 1 amide bonds. The van der Waals surface area contributed by atoms with Gasteiger partial charge in [0.25, 0.3) is 0 Å². The minimum Gasteiger partial charge on any atom is -0.309 e. The number of aromatic nitrogens is 2. The van der Waals surface area contributed by atoms with Crippen LogP contribution < -0.4 is 4.90 Å². The Bertz CT molecular complexity index is 779. The fourth-order valence-electron chi connectivity index (χ4n) is 3.41. The number of carbonyl (C=O) groups excluding carboxylic acids is 1. The van der Waals surface area contributed by atoms with Crippen molar-refractivity contribution in [3.63, 3.8) is 0 Å². The van der Waals surface area contributed by atoms with Gasteiger partial charge in [-0.15, -0.1) is 0 Å². The number of aryl methyl sites for hydroxylation is 3. The van der Waals surface area contributed by atoms with Crippen molar-refractivity contribution >= 4 is 11.6 Å². The number of benzene rings is 1. The summed E-state index contributed by atoms with van der Waals surface area (Å²) in [4.78, 5) is 14.4. The molecule has 5 heteroatoms. The van der Waals surface area contributed by atoms with Crippen LogP contribution in [-0.2, 0) is 24.7 Å². The van der Waals surface area contributed by atoms with Gasteiger partial charge in [-0.25, -0.2) is 4.39 Å². The Labute approximate surface area is 135 Å². The number of hydrogen-bond acceptors (Lipinski definition) is 2. The van der Waals surface area contributed by atoms with E-state index in [4.69, 9.17) is 0 Å².